The van der Waals surface area contributed by atoms with Crippen molar-refractivity contribution < 1.29 is 14.4 Å². The third-order valence-electron chi connectivity index (χ3n) is 2.53. The van der Waals surface area contributed by atoms with Crippen molar-refractivity contribution in [3.63, 3.8) is 0 Å². The standard InChI is InChI=1S/C12H15N3O3/c1-17-9-4-2-3-8(7-9)11-14-12(18-15-11)10(13)5-6-16/h2-4,7,10,16H,5-6,13H2,1H3. The molecule has 0 aliphatic rings. The van der Waals surface area contributed by atoms with Gasteiger partial charge in [0.05, 0.1) is 13.2 Å². The average molecular weight is 249 g/mol. The van der Waals surface area contributed by atoms with Crippen molar-refractivity contribution in [2.75, 3.05) is 13.7 Å². The largest absolute Gasteiger partial charge is 0.497 e. The van der Waals surface area contributed by atoms with Crippen LogP contribution >= 0.6 is 0 Å². The van der Waals surface area contributed by atoms with Crippen LogP contribution in [0.25, 0.3) is 11.4 Å². The molecule has 1 unspecified atom stereocenters. The Balaban J connectivity index is 2.23. The van der Waals surface area contributed by atoms with Gasteiger partial charge in [-0.1, -0.05) is 17.3 Å². The normalized spacial score (nSPS) is 12.4. The lowest BCUT2D eigenvalue weighted by atomic mass is 10.2. The first-order chi connectivity index (χ1) is 8.74. The summed E-state index contributed by atoms with van der Waals surface area (Å²) in [7, 11) is 1.60. The minimum atomic E-state index is -0.443. The zero-order valence-electron chi connectivity index (χ0n) is 10.0. The number of methoxy groups -OCH3 is 1. The molecule has 6 heteroatoms. The van der Waals surface area contributed by atoms with Gasteiger partial charge in [0.15, 0.2) is 0 Å². The van der Waals surface area contributed by atoms with E-state index < -0.39 is 6.04 Å². The molecule has 1 heterocycles. The number of aliphatic hydroxyl groups is 1. The second kappa shape index (κ2) is 5.61. The molecule has 0 radical (unpaired) electrons. The second-order valence-corrected chi connectivity index (χ2v) is 3.81. The van der Waals surface area contributed by atoms with Crippen LogP contribution < -0.4 is 10.5 Å². The van der Waals surface area contributed by atoms with Gasteiger partial charge in [-0.25, -0.2) is 0 Å². The van der Waals surface area contributed by atoms with Crippen LogP contribution in [-0.2, 0) is 0 Å². The summed E-state index contributed by atoms with van der Waals surface area (Å²) in [5, 5.41) is 12.7. The molecule has 0 aliphatic carbocycles. The van der Waals surface area contributed by atoms with E-state index in [1.165, 1.54) is 0 Å². The van der Waals surface area contributed by atoms with Crippen molar-refractivity contribution in [1.82, 2.24) is 10.1 Å². The predicted octanol–water partition coefficient (Wildman–Crippen LogP) is 1.13. The predicted molar refractivity (Wildman–Crippen MR) is 64.9 cm³/mol. The van der Waals surface area contributed by atoms with Gasteiger partial charge in [-0.2, -0.15) is 4.98 Å². The number of ether oxygens (including phenoxy) is 1. The Labute approximate surface area is 104 Å². The molecule has 96 valence electrons. The van der Waals surface area contributed by atoms with Crippen molar-refractivity contribution in [2.24, 2.45) is 5.73 Å². The maximum absolute atomic E-state index is 8.80. The number of aromatic nitrogens is 2. The highest BCUT2D eigenvalue weighted by atomic mass is 16.5. The molecule has 2 rings (SSSR count). The Hall–Kier alpha value is -1.92. The third-order valence-corrected chi connectivity index (χ3v) is 2.53. The third kappa shape index (κ3) is 2.66. The van der Waals surface area contributed by atoms with Crippen LogP contribution in [0.1, 0.15) is 18.4 Å². The summed E-state index contributed by atoms with van der Waals surface area (Å²) in [6.07, 6.45) is 0.389. The highest BCUT2D eigenvalue weighted by molar-refractivity contribution is 5.56. The van der Waals surface area contributed by atoms with E-state index in [0.717, 1.165) is 11.3 Å². The lowest BCUT2D eigenvalue weighted by molar-refractivity contribution is 0.259. The molecule has 1 aromatic heterocycles. The van der Waals surface area contributed by atoms with Gasteiger partial charge in [-0.05, 0) is 18.6 Å². The van der Waals surface area contributed by atoms with Crippen LogP contribution in [0, 0.1) is 0 Å². The van der Waals surface area contributed by atoms with E-state index in [1.807, 2.05) is 24.3 Å². The molecule has 18 heavy (non-hydrogen) atoms. The molecule has 1 aromatic carbocycles. The first kappa shape index (κ1) is 12.5. The van der Waals surface area contributed by atoms with E-state index >= 15 is 0 Å². The summed E-state index contributed by atoms with van der Waals surface area (Å²) in [4.78, 5) is 4.20. The quantitative estimate of drug-likeness (QED) is 0.824. The molecule has 2 aromatic rings. The summed E-state index contributed by atoms with van der Waals surface area (Å²) in [6.45, 7) is -0.0158. The molecule has 0 spiro atoms. The Morgan fingerprint density at radius 3 is 3.06 bits per heavy atom. The fraction of sp³-hybridized carbons (Fsp3) is 0.333. The smallest absolute Gasteiger partial charge is 0.243 e. The molecule has 0 fully saturated rings. The van der Waals surface area contributed by atoms with Gasteiger partial charge in [0, 0.05) is 12.2 Å². The molecular formula is C12H15N3O3. The number of nitrogens with two attached hydrogens (primary N) is 1. The summed E-state index contributed by atoms with van der Waals surface area (Å²) in [5.41, 5.74) is 6.56. The fourth-order valence-corrected chi connectivity index (χ4v) is 1.53. The topological polar surface area (TPSA) is 94.4 Å². The molecule has 6 nitrogen and oxygen atoms in total. The monoisotopic (exact) mass is 249 g/mol. The molecule has 0 aliphatic heterocycles. The van der Waals surface area contributed by atoms with Gasteiger partial charge in [-0.3, -0.25) is 0 Å². The maximum Gasteiger partial charge on any atom is 0.243 e. The van der Waals surface area contributed by atoms with E-state index in [-0.39, 0.29) is 6.61 Å². The minimum absolute atomic E-state index is 0.0158. The summed E-state index contributed by atoms with van der Waals surface area (Å²) < 4.78 is 10.2. The summed E-state index contributed by atoms with van der Waals surface area (Å²) in [5.74, 6) is 1.50. The Kier molecular flexibility index (Phi) is 3.91. The maximum atomic E-state index is 8.80. The van der Waals surface area contributed by atoms with E-state index in [0.29, 0.717) is 18.1 Å². The number of aliphatic hydroxyl groups excluding tert-OH is 1. The molecule has 0 amide bonds. The summed E-state index contributed by atoms with van der Waals surface area (Å²) in [6, 6.07) is 6.91. The van der Waals surface area contributed by atoms with Crippen molar-refractivity contribution in [3.8, 4) is 17.1 Å². The van der Waals surface area contributed by atoms with Crippen molar-refractivity contribution in [3.05, 3.63) is 30.2 Å². The first-order valence-corrected chi connectivity index (χ1v) is 5.59. The number of benzene rings is 1. The van der Waals surface area contributed by atoms with Crippen LogP contribution in [0.15, 0.2) is 28.8 Å². The Bertz CT molecular complexity index is 513. The average Bonchev–Trinajstić information content (AvgIpc) is 2.89. The Morgan fingerprint density at radius 1 is 1.50 bits per heavy atom. The van der Waals surface area contributed by atoms with Gasteiger partial charge in [0.1, 0.15) is 5.75 Å². The molecule has 3 N–H and O–H groups in total. The van der Waals surface area contributed by atoms with Crippen LogP contribution in [-0.4, -0.2) is 29.0 Å². The zero-order valence-corrected chi connectivity index (χ0v) is 10.0. The molecule has 0 saturated carbocycles. The van der Waals surface area contributed by atoms with Crippen LogP contribution in [0.5, 0.6) is 5.75 Å². The second-order valence-electron chi connectivity index (χ2n) is 3.81. The van der Waals surface area contributed by atoms with Crippen molar-refractivity contribution >= 4 is 0 Å². The number of hydrogen-bond acceptors (Lipinski definition) is 6. The van der Waals surface area contributed by atoms with E-state index in [1.54, 1.807) is 7.11 Å². The fourth-order valence-electron chi connectivity index (χ4n) is 1.53. The van der Waals surface area contributed by atoms with Crippen molar-refractivity contribution in [1.29, 1.82) is 0 Å². The summed E-state index contributed by atoms with van der Waals surface area (Å²) >= 11 is 0. The molecule has 0 saturated heterocycles. The number of nitrogens with zero attached hydrogens (tertiary/aromatic N) is 2. The van der Waals surface area contributed by atoms with Crippen LogP contribution in [0.3, 0.4) is 0 Å². The lowest BCUT2D eigenvalue weighted by Crippen LogP contribution is -2.12. The Morgan fingerprint density at radius 2 is 2.33 bits per heavy atom. The van der Waals surface area contributed by atoms with Crippen LogP contribution in [0.2, 0.25) is 0 Å². The van der Waals surface area contributed by atoms with E-state index in [4.69, 9.17) is 20.1 Å². The first-order valence-electron chi connectivity index (χ1n) is 5.59. The minimum Gasteiger partial charge on any atom is -0.497 e. The van der Waals surface area contributed by atoms with Crippen LogP contribution in [0.4, 0.5) is 0 Å². The highest BCUT2D eigenvalue weighted by Gasteiger charge is 2.15. The number of hydrogen-bond donors (Lipinski definition) is 2. The van der Waals surface area contributed by atoms with Crippen molar-refractivity contribution in [2.45, 2.75) is 12.5 Å². The van der Waals surface area contributed by atoms with E-state index in [9.17, 15) is 0 Å². The molecule has 1 atom stereocenters. The highest BCUT2D eigenvalue weighted by Crippen LogP contribution is 2.22. The lowest BCUT2D eigenvalue weighted by Gasteiger charge is -2.02. The van der Waals surface area contributed by atoms with Gasteiger partial charge in [-0.15, -0.1) is 0 Å². The molecule has 0 bridgehead atoms. The molecular weight excluding hydrogens is 234 g/mol. The van der Waals surface area contributed by atoms with Gasteiger partial charge >= 0.3 is 0 Å². The van der Waals surface area contributed by atoms with Gasteiger partial charge in [0.25, 0.3) is 0 Å². The number of rotatable bonds is 5. The zero-order chi connectivity index (χ0) is 13.0. The SMILES string of the molecule is COc1cccc(-c2noc(C(N)CCO)n2)c1. The van der Waals surface area contributed by atoms with Gasteiger partial charge in [0.2, 0.25) is 11.7 Å². The van der Waals surface area contributed by atoms with E-state index in [2.05, 4.69) is 10.1 Å². The van der Waals surface area contributed by atoms with Gasteiger partial charge < -0.3 is 20.1 Å².